The van der Waals surface area contributed by atoms with Crippen molar-refractivity contribution in [3.05, 3.63) is 71.8 Å². The first-order valence-corrected chi connectivity index (χ1v) is 9.14. The number of hydrogen-bond donors (Lipinski definition) is 0. The predicted octanol–water partition coefficient (Wildman–Crippen LogP) is 6.35. The monoisotopic (exact) mass is 370 g/mol. The summed E-state index contributed by atoms with van der Waals surface area (Å²) in [5.74, 6) is -3.27. The van der Waals surface area contributed by atoms with Crippen molar-refractivity contribution in [3.63, 3.8) is 0 Å². The molecule has 5 heteroatoms. The smallest absolute Gasteiger partial charge is 0.194 e. The Morgan fingerprint density at radius 1 is 0.741 bits per heavy atom. The molecule has 140 valence electrons. The molecule has 0 aliphatic carbocycles. The fraction of sp³-hybridized carbons (Fsp3) is 0.273. The summed E-state index contributed by atoms with van der Waals surface area (Å²) in [4.78, 5) is 8.82. The Morgan fingerprint density at radius 3 is 1.93 bits per heavy atom. The van der Waals surface area contributed by atoms with E-state index in [2.05, 4.69) is 16.9 Å². The molecule has 0 atom stereocenters. The number of aryl methyl sites for hydroxylation is 1. The van der Waals surface area contributed by atoms with Crippen molar-refractivity contribution < 1.29 is 13.2 Å². The van der Waals surface area contributed by atoms with E-state index >= 15 is 0 Å². The van der Waals surface area contributed by atoms with E-state index in [1.165, 1.54) is 19.3 Å². The van der Waals surface area contributed by atoms with Crippen LogP contribution in [0, 0.1) is 17.5 Å². The van der Waals surface area contributed by atoms with Gasteiger partial charge in [-0.25, -0.2) is 23.1 Å². The van der Waals surface area contributed by atoms with Gasteiger partial charge in [0.2, 0.25) is 0 Å². The molecule has 1 aromatic heterocycles. The minimum atomic E-state index is -1.46. The van der Waals surface area contributed by atoms with Gasteiger partial charge >= 0.3 is 0 Å². The van der Waals surface area contributed by atoms with Gasteiger partial charge in [0.15, 0.2) is 23.3 Å². The summed E-state index contributed by atoms with van der Waals surface area (Å²) < 4.78 is 39.9. The van der Waals surface area contributed by atoms with Crippen molar-refractivity contribution in [1.82, 2.24) is 9.97 Å². The summed E-state index contributed by atoms with van der Waals surface area (Å²) in [5.41, 5.74) is 2.79. The molecule has 0 radical (unpaired) electrons. The SMILES string of the molecule is CCCCCCc1cnc(-c2ccc(-c3cc(F)c(F)c(F)c3)cc2)nc1. The molecule has 1 heterocycles. The molecule has 0 bridgehead atoms. The number of benzene rings is 2. The van der Waals surface area contributed by atoms with Gasteiger partial charge in [-0.15, -0.1) is 0 Å². The summed E-state index contributed by atoms with van der Waals surface area (Å²) in [7, 11) is 0. The number of halogens is 3. The van der Waals surface area contributed by atoms with Crippen molar-refractivity contribution in [2.75, 3.05) is 0 Å². The van der Waals surface area contributed by atoms with Crippen LogP contribution in [0.5, 0.6) is 0 Å². The van der Waals surface area contributed by atoms with Crippen molar-refractivity contribution in [2.45, 2.75) is 39.0 Å². The quantitative estimate of drug-likeness (QED) is 0.358. The first-order chi connectivity index (χ1) is 13.1. The second-order valence-corrected chi connectivity index (χ2v) is 6.56. The molecule has 0 aliphatic heterocycles. The maximum absolute atomic E-state index is 13.4. The Kier molecular flexibility index (Phi) is 6.22. The standard InChI is InChI=1S/C22H21F3N2/c1-2-3-4-5-6-15-13-26-22(27-14-15)17-9-7-16(8-10-17)18-11-19(23)21(25)20(24)12-18/h7-14H,2-6H2,1H3. The predicted molar refractivity (Wildman–Crippen MR) is 101 cm³/mol. The van der Waals surface area contributed by atoms with E-state index in [0.717, 1.165) is 36.1 Å². The fourth-order valence-corrected chi connectivity index (χ4v) is 2.92. The summed E-state index contributed by atoms with van der Waals surface area (Å²) >= 11 is 0. The van der Waals surface area contributed by atoms with Gasteiger partial charge in [-0.05, 0) is 41.7 Å². The van der Waals surface area contributed by atoms with Gasteiger partial charge in [0.05, 0.1) is 0 Å². The lowest BCUT2D eigenvalue weighted by molar-refractivity contribution is 0.448. The molecule has 0 saturated carbocycles. The zero-order chi connectivity index (χ0) is 19.2. The molecule has 3 aromatic rings. The van der Waals surface area contributed by atoms with E-state index in [1.807, 2.05) is 12.4 Å². The van der Waals surface area contributed by atoms with E-state index in [9.17, 15) is 13.2 Å². The molecule has 27 heavy (non-hydrogen) atoms. The van der Waals surface area contributed by atoms with E-state index < -0.39 is 17.5 Å². The second-order valence-electron chi connectivity index (χ2n) is 6.56. The molecule has 0 spiro atoms. The summed E-state index contributed by atoms with van der Waals surface area (Å²) in [6.07, 6.45) is 9.46. The zero-order valence-electron chi connectivity index (χ0n) is 15.2. The highest BCUT2D eigenvalue weighted by molar-refractivity contribution is 5.67. The molecule has 0 saturated heterocycles. The Balaban J connectivity index is 1.72. The molecule has 2 aromatic carbocycles. The minimum Gasteiger partial charge on any atom is -0.236 e. The summed E-state index contributed by atoms with van der Waals surface area (Å²) in [6, 6.07) is 8.96. The molecule has 3 rings (SSSR count). The van der Waals surface area contributed by atoms with Gasteiger partial charge in [0, 0.05) is 18.0 Å². The highest BCUT2D eigenvalue weighted by Gasteiger charge is 2.12. The summed E-state index contributed by atoms with van der Waals surface area (Å²) in [5, 5.41) is 0. The highest BCUT2D eigenvalue weighted by Crippen LogP contribution is 2.26. The molecule has 0 aliphatic rings. The van der Waals surface area contributed by atoms with Gasteiger partial charge in [-0.2, -0.15) is 0 Å². The molecular formula is C22H21F3N2. The first-order valence-electron chi connectivity index (χ1n) is 9.14. The minimum absolute atomic E-state index is 0.279. The Hall–Kier alpha value is -2.69. The lowest BCUT2D eigenvalue weighted by Gasteiger charge is -2.06. The number of hydrogen-bond acceptors (Lipinski definition) is 2. The average Bonchev–Trinajstić information content (AvgIpc) is 2.70. The fourth-order valence-electron chi connectivity index (χ4n) is 2.92. The molecule has 0 fully saturated rings. The van der Waals surface area contributed by atoms with Crippen LogP contribution < -0.4 is 0 Å². The molecule has 2 nitrogen and oxygen atoms in total. The molecule has 0 N–H and O–H groups in total. The van der Waals surface area contributed by atoms with Crippen molar-refractivity contribution in [1.29, 1.82) is 0 Å². The van der Waals surface area contributed by atoms with Gasteiger partial charge in [0.25, 0.3) is 0 Å². The first kappa shape index (κ1) is 19.1. The van der Waals surface area contributed by atoms with Gasteiger partial charge in [-0.1, -0.05) is 50.5 Å². The van der Waals surface area contributed by atoms with Gasteiger partial charge in [0.1, 0.15) is 0 Å². The average molecular weight is 370 g/mol. The van der Waals surface area contributed by atoms with Crippen LogP contribution in [0.3, 0.4) is 0 Å². The number of nitrogens with zero attached hydrogens (tertiary/aromatic N) is 2. The third kappa shape index (κ3) is 4.73. The normalized spacial score (nSPS) is 11.0. The third-order valence-corrected chi connectivity index (χ3v) is 4.48. The zero-order valence-corrected chi connectivity index (χ0v) is 15.2. The van der Waals surface area contributed by atoms with Crippen LogP contribution in [0.15, 0.2) is 48.8 Å². The third-order valence-electron chi connectivity index (χ3n) is 4.48. The van der Waals surface area contributed by atoms with E-state index in [4.69, 9.17) is 0 Å². The number of unbranched alkanes of at least 4 members (excludes halogenated alkanes) is 3. The van der Waals surface area contributed by atoms with Crippen LogP contribution in [0.1, 0.15) is 38.2 Å². The second kappa shape index (κ2) is 8.80. The highest BCUT2D eigenvalue weighted by atomic mass is 19.2. The van der Waals surface area contributed by atoms with Crippen molar-refractivity contribution >= 4 is 0 Å². The van der Waals surface area contributed by atoms with Crippen LogP contribution in [0.4, 0.5) is 13.2 Å². The molecule has 0 unspecified atom stereocenters. The van der Waals surface area contributed by atoms with Crippen LogP contribution in [-0.2, 0) is 6.42 Å². The van der Waals surface area contributed by atoms with Crippen LogP contribution in [0.25, 0.3) is 22.5 Å². The van der Waals surface area contributed by atoms with E-state index in [0.29, 0.717) is 11.4 Å². The number of rotatable bonds is 7. The Morgan fingerprint density at radius 2 is 1.33 bits per heavy atom. The lowest BCUT2D eigenvalue weighted by Crippen LogP contribution is -1.94. The Bertz CT molecular complexity index is 867. The maximum atomic E-state index is 13.4. The molecule has 0 amide bonds. The lowest BCUT2D eigenvalue weighted by atomic mass is 10.0. The maximum Gasteiger partial charge on any atom is 0.194 e. The largest absolute Gasteiger partial charge is 0.236 e. The summed E-state index contributed by atoms with van der Waals surface area (Å²) in [6.45, 7) is 2.19. The van der Waals surface area contributed by atoms with Crippen molar-refractivity contribution in [3.8, 4) is 22.5 Å². The van der Waals surface area contributed by atoms with Crippen LogP contribution in [-0.4, -0.2) is 9.97 Å². The van der Waals surface area contributed by atoms with Crippen molar-refractivity contribution in [2.24, 2.45) is 0 Å². The number of aromatic nitrogens is 2. The Labute approximate surface area is 157 Å². The van der Waals surface area contributed by atoms with E-state index in [1.54, 1.807) is 24.3 Å². The van der Waals surface area contributed by atoms with Gasteiger partial charge in [-0.3, -0.25) is 0 Å². The van der Waals surface area contributed by atoms with Crippen LogP contribution >= 0.6 is 0 Å². The van der Waals surface area contributed by atoms with Gasteiger partial charge < -0.3 is 0 Å². The van der Waals surface area contributed by atoms with Crippen LogP contribution in [0.2, 0.25) is 0 Å². The topological polar surface area (TPSA) is 25.8 Å². The molecular weight excluding hydrogens is 349 g/mol. The van der Waals surface area contributed by atoms with E-state index in [-0.39, 0.29) is 5.56 Å².